The molecule has 1 aliphatic heterocycles. The maximum Gasteiger partial charge on any atom is 0.238 e. The fourth-order valence-corrected chi connectivity index (χ4v) is 5.02. The number of anilines is 1. The summed E-state index contributed by atoms with van der Waals surface area (Å²) in [5, 5.41) is 3.37. The zero-order valence-corrected chi connectivity index (χ0v) is 22.2. The van der Waals surface area contributed by atoms with Crippen molar-refractivity contribution < 1.29 is 19.1 Å². The Hall–Kier alpha value is -3.49. The number of nitrogens with one attached hydrogen (secondary N) is 1. The molecular formula is C28H28ClN3O4S. The molecule has 1 fully saturated rings. The summed E-state index contributed by atoms with van der Waals surface area (Å²) in [6, 6.07) is 22.0. The maximum absolute atomic E-state index is 13.3. The minimum Gasteiger partial charge on any atom is -0.497 e. The van der Waals surface area contributed by atoms with Crippen molar-refractivity contribution in [3.8, 4) is 11.5 Å². The van der Waals surface area contributed by atoms with Gasteiger partial charge >= 0.3 is 0 Å². The van der Waals surface area contributed by atoms with E-state index < -0.39 is 5.25 Å². The Balaban J connectivity index is 1.52. The molecule has 0 spiro atoms. The number of ether oxygens (including phenoxy) is 2. The topological polar surface area (TPSA) is 80.2 Å². The number of aliphatic imine (C=N–C) groups is 1. The molecule has 0 radical (unpaired) electrons. The van der Waals surface area contributed by atoms with Crippen LogP contribution in [-0.4, -0.2) is 47.4 Å². The van der Waals surface area contributed by atoms with E-state index in [1.807, 2.05) is 43.3 Å². The average Bonchev–Trinajstić information content (AvgIpc) is 2.90. The first-order valence-electron chi connectivity index (χ1n) is 11.9. The third-order valence-electron chi connectivity index (χ3n) is 5.68. The number of thioether (sulfide) groups is 1. The van der Waals surface area contributed by atoms with Gasteiger partial charge in [0.1, 0.15) is 16.7 Å². The molecule has 3 aromatic carbocycles. The molecule has 1 atom stereocenters. The van der Waals surface area contributed by atoms with Gasteiger partial charge in [0.25, 0.3) is 0 Å². The first-order valence-corrected chi connectivity index (χ1v) is 13.2. The van der Waals surface area contributed by atoms with Gasteiger partial charge in [0.2, 0.25) is 11.8 Å². The second kappa shape index (κ2) is 12.7. The summed E-state index contributed by atoms with van der Waals surface area (Å²) in [5.41, 5.74) is 2.33. The Bertz CT molecular complexity index is 1270. The quantitative estimate of drug-likeness (QED) is 0.365. The molecular weight excluding hydrogens is 510 g/mol. The number of hydrogen-bond donors (Lipinski definition) is 1. The summed E-state index contributed by atoms with van der Waals surface area (Å²) in [6.07, 6.45) is 0.709. The lowest BCUT2D eigenvalue weighted by Crippen LogP contribution is -2.46. The van der Waals surface area contributed by atoms with Crippen molar-refractivity contribution in [3.63, 3.8) is 0 Å². The van der Waals surface area contributed by atoms with Crippen LogP contribution in [0.2, 0.25) is 5.02 Å². The van der Waals surface area contributed by atoms with Crippen LogP contribution in [0.25, 0.3) is 0 Å². The molecule has 1 N–H and O–H groups in total. The molecule has 4 rings (SSSR count). The van der Waals surface area contributed by atoms with E-state index in [0.717, 1.165) is 11.3 Å². The van der Waals surface area contributed by atoms with Crippen LogP contribution in [0.3, 0.4) is 0 Å². The van der Waals surface area contributed by atoms with Gasteiger partial charge in [-0.2, -0.15) is 0 Å². The second-order valence-corrected chi connectivity index (χ2v) is 9.88. The summed E-state index contributed by atoms with van der Waals surface area (Å²) < 4.78 is 10.7. The Kier molecular flexibility index (Phi) is 9.09. The highest BCUT2D eigenvalue weighted by molar-refractivity contribution is 8.15. The Morgan fingerprint density at radius 3 is 2.57 bits per heavy atom. The minimum absolute atomic E-state index is 0.0733. The molecule has 192 valence electrons. The molecule has 2 amide bonds. The van der Waals surface area contributed by atoms with E-state index in [0.29, 0.717) is 46.9 Å². The lowest BCUT2D eigenvalue weighted by Gasteiger charge is -2.32. The number of methoxy groups -OCH3 is 1. The van der Waals surface area contributed by atoms with E-state index in [1.165, 1.54) is 11.8 Å². The molecule has 0 bridgehead atoms. The smallest absolute Gasteiger partial charge is 0.238 e. The lowest BCUT2D eigenvalue weighted by molar-refractivity contribution is -0.129. The summed E-state index contributed by atoms with van der Waals surface area (Å²) >= 11 is 7.31. The summed E-state index contributed by atoms with van der Waals surface area (Å²) in [6.45, 7) is 2.87. The van der Waals surface area contributed by atoms with Crippen molar-refractivity contribution in [2.45, 2.75) is 25.0 Å². The van der Waals surface area contributed by atoms with Crippen LogP contribution in [0.1, 0.15) is 18.9 Å². The van der Waals surface area contributed by atoms with Crippen LogP contribution < -0.4 is 14.8 Å². The zero-order valence-electron chi connectivity index (χ0n) is 20.6. The average molecular weight is 538 g/mol. The molecule has 1 heterocycles. The van der Waals surface area contributed by atoms with E-state index in [1.54, 1.807) is 48.4 Å². The highest BCUT2D eigenvalue weighted by atomic mass is 35.5. The van der Waals surface area contributed by atoms with Crippen molar-refractivity contribution >= 4 is 51.7 Å². The van der Waals surface area contributed by atoms with Gasteiger partial charge in [-0.25, -0.2) is 4.99 Å². The van der Waals surface area contributed by atoms with Gasteiger partial charge in [-0.15, -0.1) is 0 Å². The van der Waals surface area contributed by atoms with E-state index in [-0.39, 0.29) is 18.2 Å². The van der Waals surface area contributed by atoms with Gasteiger partial charge in [0.15, 0.2) is 5.17 Å². The number of rotatable bonds is 9. The lowest BCUT2D eigenvalue weighted by atomic mass is 10.1. The van der Waals surface area contributed by atoms with Gasteiger partial charge in [-0.05, 0) is 67.4 Å². The number of halogens is 1. The number of amidine groups is 1. The van der Waals surface area contributed by atoms with Gasteiger partial charge in [0.05, 0.1) is 19.4 Å². The maximum atomic E-state index is 13.3. The Morgan fingerprint density at radius 1 is 1.11 bits per heavy atom. The standard InChI is InChI=1S/C28H28ClN3O4S/c1-3-36-24-6-4-5-22(17-24)30-27(34)25-18-26(33)32(16-15-19-7-13-23(35-2)14-8-19)28(37-25)31-21-11-9-20(29)10-12-21/h4-14,17,25H,3,15-16,18H2,1-2H3,(H,30,34). The Labute approximate surface area is 225 Å². The number of carbonyl (C=O) groups excluding carboxylic acids is 2. The molecule has 0 saturated carbocycles. The Morgan fingerprint density at radius 2 is 1.86 bits per heavy atom. The van der Waals surface area contributed by atoms with Gasteiger partial charge in [0, 0.05) is 29.7 Å². The molecule has 1 saturated heterocycles. The number of hydrogen-bond acceptors (Lipinski definition) is 6. The van der Waals surface area contributed by atoms with Crippen molar-refractivity contribution in [2.24, 2.45) is 4.99 Å². The highest BCUT2D eigenvalue weighted by Crippen LogP contribution is 2.31. The third kappa shape index (κ3) is 7.27. The predicted molar refractivity (Wildman–Crippen MR) is 149 cm³/mol. The number of benzene rings is 3. The van der Waals surface area contributed by atoms with Gasteiger partial charge < -0.3 is 14.8 Å². The molecule has 7 nitrogen and oxygen atoms in total. The predicted octanol–water partition coefficient (Wildman–Crippen LogP) is 5.95. The van der Waals surface area contributed by atoms with E-state index in [9.17, 15) is 9.59 Å². The fourth-order valence-electron chi connectivity index (χ4n) is 3.77. The molecule has 9 heteroatoms. The molecule has 37 heavy (non-hydrogen) atoms. The highest BCUT2D eigenvalue weighted by Gasteiger charge is 2.35. The SMILES string of the molecule is CCOc1cccc(NC(=O)C2CC(=O)N(CCc3ccc(OC)cc3)C(=Nc3ccc(Cl)cc3)S2)c1. The van der Waals surface area contributed by atoms with Crippen LogP contribution in [0.15, 0.2) is 77.8 Å². The van der Waals surface area contributed by atoms with Gasteiger partial charge in [-0.3, -0.25) is 14.5 Å². The molecule has 1 aliphatic rings. The molecule has 0 aliphatic carbocycles. The van der Waals surface area contributed by atoms with Crippen LogP contribution >= 0.6 is 23.4 Å². The zero-order chi connectivity index (χ0) is 26.2. The fraction of sp³-hybridized carbons (Fsp3) is 0.250. The summed E-state index contributed by atoms with van der Waals surface area (Å²) in [7, 11) is 1.63. The van der Waals surface area contributed by atoms with Gasteiger partial charge in [-0.1, -0.05) is 41.6 Å². The summed E-state index contributed by atoms with van der Waals surface area (Å²) in [5.74, 6) is 1.04. The number of nitrogens with zero attached hydrogens (tertiary/aromatic N) is 2. The van der Waals surface area contributed by atoms with Crippen molar-refractivity contribution in [2.75, 3.05) is 25.6 Å². The largest absolute Gasteiger partial charge is 0.497 e. The summed E-state index contributed by atoms with van der Waals surface area (Å²) in [4.78, 5) is 32.8. The molecule has 1 unspecified atom stereocenters. The van der Waals surface area contributed by atoms with E-state index in [4.69, 9.17) is 26.1 Å². The van der Waals surface area contributed by atoms with Crippen LogP contribution in [-0.2, 0) is 16.0 Å². The number of carbonyl (C=O) groups is 2. The second-order valence-electron chi connectivity index (χ2n) is 8.27. The van der Waals surface area contributed by atoms with Crippen LogP contribution in [0, 0.1) is 0 Å². The third-order valence-corrected chi connectivity index (χ3v) is 7.12. The van der Waals surface area contributed by atoms with Crippen molar-refractivity contribution in [1.29, 1.82) is 0 Å². The van der Waals surface area contributed by atoms with Crippen molar-refractivity contribution in [3.05, 3.63) is 83.4 Å². The minimum atomic E-state index is -0.619. The molecule has 0 aromatic heterocycles. The van der Waals surface area contributed by atoms with E-state index >= 15 is 0 Å². The monoisotopic (exact) mass is 537 g/mol. The first kappa shape index (κ1) is 26.6. The van der Waals surface area contributed by atoms with E-state index in [2.05, 4.69) is 5.32 Å². The number of amides is 2. The first-order chi connectivity index (χ1) is 17.9. The van der Waals surface area contributed by atoms with Crippen LogP contribution in [0.4, 0.5) is 11.4 Å². The normalized spacial score (nSPS) is 16.5. The van der Waals surface area contributed by atoms with Crippen LogP contribution in [0.5, 0.6) is 11.5 Å². The molecule has 3 aromatic rings. The van der Waals surface area contributed by atoms with Crippen molar-refractivity contribution in [1.82, 2.24) is 4.90 Å².